The van der Waals surface area contributed by atoms with Crippen LogP contribution >= 0.6 is 11.3 Å². The van der Waals surface area contributed by atoms with Crippen LogP contribution in [0.25, 0.3) is 0 Å². The van der Waals surface area contributed by atoms with Crippen molar-refractivity contribution in [2.45, 2.75) is 39.1 Å². The molecule has 1 atom stereocenters. The molecule has 0 aliphatic carbocycles. The van der Waals surface area contributed by atoms with Crippen LogP contribution in [0.1, 0.15) is 24.3 Å². The maximum Gasteiger partial charge on any atom is 0.0900 e. The number of hydrogen-bond acceptors (Lipinski definition) is 4. The van der Waals surface area contributed by atoms with Crippen molar-refractivity contribution in [3.63, 3.8) is 0 Å². The van der Waals surface area contributed by atoms with Crippen molar-refractivity contribution in [1.29, 1.82) is 0 Å². The summed E-state index contributed by atoms with van der Waals surface area (Å²) in [5.41, 5.74) is 1.26. The molecule has 0 saturated carbocycles. The standard InChI is InChI=1S/C18H25NO2S/c1-15(2)21-14-17(20)12-19(13-18-9-6-10-22-18)11-16-7-4-3-5-8-16/h3-10,15,17,20H,11-14H2,1-2H3/t17-/m1/s1. The number of ether oxygens (including phenoxy) is 1. The van der Waals surface area contributed by atoms with Gasteiger partial charge in [0.25, 0.3) is 0 Å². The van der Waals surface area contributed by atoms with Gasteiger partial charge >= 0.3 is 0 Å². The van der Waals surface area contributed by atoms with Crippen LogP contribution in [0.4, 0.5) is 0 Å². The van der Waals surface area contributed by atoms with Crippen LogP contribution in [0.3, 0.4) is 0 Å². The Morgan fingerprint density at radius 1 is 1.09 bits per heavy atom. The third-order valence-corrected chi connectivity index (χ3v) is 4.16. The van der Waals surface area contributed by atoms with Crippen LogP contribution in [-0.4, -0.2) is 35.4 Å². The van der Waals surface area contributed by atoms with Crippen molar-refractivity contribution in [2.75, 3.05) is 13.2 Å². The average Bonchev–Trinajstić information content (AvgIpc) is 2.99. The van der Waals surface area contributed by atoms with Crippen molar-refractivity contribution in [3.05, 3.63) is 58.3 Å². The van der Waals surface area contributed by atoms with Gasteiger partial charge in [-0.2, -0.15) is 0 Å². The summed E-state index contributed by atoms with van der Waals surface area (Å²) < 4.78 is 5.52. The molecular formula is C18H25NO2S. The molecule has 0 radical (unpaired) electrons. The van der Waals surface area contributed by atoms with E-state index in [-0.39, 0.29) is 6.10 Å². The van der Waals surface area contributed by atoms with Gasteiger partial charge in [0, 0.05) is 24.5 Å². The summed E-state index contributed by atoms with van der Waals surface area (Å²) in [6.45, 7) is 6.65. The first-order valence-electron chi connectivity index (χ1n) is 7.72. The van der Waals surface area contributed by atoms with E-state index in [2.05, 4.69) is 46.7 Å². The molecule has 1 N–H and O–H groups in total. The van der Waals surface area contributed by atoms with Crippen LogP contribution in [0, 0.1) is 0 Å². The van der Waals surface area contributed by atoms with E-state index in [1.807, 2.05) is 19.9 Å². The molecule has 0 aliphatic rings. The van der Waals surface area contributed by atoms with Crippen LogP contribution in [0.5, 0.6) is 0 Å². The fourth-order valence-electron chi connectivity index (χ4n) is 2.30. The Balaban J connectivity index is 1.94. The van der Waals surface area contributed by atoms with E-state index in [1.165, 1.54) is 10.4 Å². The lowest BCUT2D eigenvalue weighted by Gasteiger charge is -2.25. The highest BCUT2D eigenvalue weighted by Gasteiger charge is 2.14. The molecule has 2 aromatic rings. The summed E-state index contributed by atoms with van der Waals surface area (Å²) >= 11 is 1.75. The van der Waals surface area contributed by atoms with Gasteiger partial charge in [-0.3, -0.25) is 4.90 Å². The first-order chi connectivity index (χ1) is 10.6. The number of benzene rings is 1. The summed E-state index contributed by atoms with van der Waals surface area (Å²) in [6, 6.07) is 14.6. The number of rotatable bonds is 9. The van der Waals surface area contributed by atoms with Crippen molar-refractivity contribution in [2.24, 2.45) is 0 Å². The molecule has 4 heteroatoms. The predicted molar refractivity (Wildman–Crippen MR) is 92.0 cm³/mol. The fourth-order valence-corrected chi connectivity index (χ4v) is 3.05. The zero-order valence-electron chi connectivity index (χ0n) is 13.3. The van der Waals surface area contributed by atoms with Crippen molar-refractivity contribution >= 4 is 11.3 Å². The topological polar surface area (TPSA) is 32.7 Å². The molecule has 0 bridgehead atoms. The van der Waals surface area contributed by atoms with Crippen LogP contribution in [-0.2, 0) is 17.8 Å². The quantitative estimate of drug-likeness (QED) is 0.767. The van der Waals surface area contributed by atoms with Gasteiger partial charge in [0.05, 0.1) is 18.8 Å². The first kappa shape index (κ1) is 17.2. The van der Waals surface area contributed by atoms with E-state index < -0.39 is 6.10 Å². The van der Waals surface area contributed by atoms with Gasteiger partial charge < -0.3 is 9.84 Å². The molecule has 1 aromatic heterocycles. The van der Waals surface area contributed by atoms with E-state index in [4.69, 9.17) is 4.74 Å². The lowest BCUT2D eigenvalue weighted by Crippen LogP contribution is -2.34. The summed E-state index contributed by atoms with van der Waals surface area (Å²) in [5, 5.41) is 12.3. The molecule has 22 heavy (non-hydrogen) atoms. The van der Waals surface area contributed by atoms with E-state index in [9.17, 15) is 5.11 Å². The minimum absolute atomic E-state index is 0.148. The molecule has 0 unspecified atom stereocenters. The lowest BCUT2D eigenvalue weighted by atomic mass is 10.2. The highest BCUT2D eigenvalue weighted by atomic mass is 32.1. The second kappa shape index (κ2) is 9.06. The zero-order chi connectivity index (χ0) is 15.8. The molecule has 0 spiro atoms. The fraction of sp³-hybridized carbons (Fsp3) is 0.444. The molecule has 120 valence electrons. The lowest BCUT2D eigenvalue weighted by molar-refractivity contribution is -0.0105. The molecule has 0 fully saturated rings. The second-order valence-electron chi connectivity index (χ2n) is 5.77. The van der Waals surface area contributed by atoms with Gasteiger partial charge in [-0.25, -0.2) is 0 Å². The third-order valence-electron chi connectivity index (χ3n) is 3.30. The van der Waals surface area contributed by atoms with Gasteiger partial charge in [0.15, 0.2) is 0 Å². The summed E-state index contributed by atoms with van der Waals surface area (Å²) in [4.78, 5) is 3.59. The number of nitrogens with zero attached hydrogens (tertiary/aromatic N) is 1. The minimum atomic E-state index is -0.467. The number of hydrogen-bond donors (Lipinski definition) is 1. The molecule has 2 rings (SSSR count). The monoisotopic (exact) mass is 319 g/mol. The maximum absolute atomic E-state index is 10.2. The van der Waals surface area contributed by atoms with Gasteiger partial charge in [-0.1, -0.05) is 36.4 Å². The van der Waals surface area contributed by atoms with E-state index in [0.717, 1.165) is 13.1 Å². The number of thiophene rings is 1. The van der Waals surface area contributed by atoms with Crippen LogP contribution in [0.2, 0.25) is 0 Å². The average molecular weight is 319 g/mol. The Hall–Kier alpha value is -1.20. The Bertz CT molecular complexity index is 513. The second-order valence-corrected chi connectivity index (χ2v) is 6.80. The van der Waals surface area contributed by atoms with Crippen molar-refractivity contribution < 1.29 is 9.84 Å². The van der Waals surface area contributed by atoms with Gasteiger partial charge in [-0.05, 0) is 30.9 Å². The molecular weight excluding hydrogens is 294 g/mol. The van der Waals surface area contributed by atoms with E-state index in [1.54, 1.807) is 11.3 Å². The molecule has 1 heterocycles. The highest BCUT2D eigenvalue weighted by Crippen LogP contribution is 2.15. The SMILES string of the molecule is CC(C)OC[C@H](O)CN(Cc1ccccc1)Cc1cccs1. The number of aliphatic hydroxyl groups excluding tert-OH is 1. The van der Waals surface area contributed by atoms with Gasteiger partial charge in [0.1, 0.15) is 0 Å². The van der Waals surface area contributed by atoms with E-state index >= 15 is 0 Å². The number of aliphatic hydroxyl groups is 1. The summed E-state index contributed by atoms with van der Waals surface area (Å²) in [6.07, 6.45) is -0.319. The van der Waals surface area contributed by atoms with Gasteiger partial charge in [0.2, 0.25) is 0 Å². The minimum Gasteiger partial charge on any atom is -0.389 e. The normalized spacial score (nSPS) is 13.0. The van der Waals surface area contributed by atoms with E-state index in [0.29, 0.717) is 13.2 Å². The molecule has 0 saturated heterocycles. The maximum atomic E-state index is 10.2. The molecule has 1 aromatic carbocycles. The Labute approximate surface area is 137 Å². The smallest absolute Gasteiger partial charge is 0.0900 e. The Kier molecular flexibility index (Phi) is 7.06. The molecule has 0 aliphatic heterocycles. The molecule has 0 amide bonds. The van der Waals surface area contributed by atoms with Crippen LogP contribution in [0.15, 0.2) is 47.8 Å². The predicted octanol–water partition coefficient (Wildman–Crippen LogP) is 3.54. The van der Waals surface area contributed by atoms with Crippen molar-refractivity contribution in [3.8, 4) is 0 Å². The Morgan fingerprint density at radius 3 is 2.50 bits per heavy atom. The largest absolute Gasteiger partial charge is 0.389 e. The Morgan fingerprint density at radius 2 is 1.86 bits per heavy atom. The van der Waals surface area contributed by atoms with Crippen LogP contribution < -0.4 is 0 Å². The molecule has 3 nitrogen and oxygen atoms in total. The summed E-state index contributed by atoms with van der Waals surface area (Å²) in [5.74, 6) is 0. The van der Waals surface area contributed by atoms with Crippen molar-refractivity contribution in [1.82, 2.24) is 4.90 Å². The summed E-state index contributed by atoms with van der Waals surface area (Å²) in [7, 11) is 0. The highest BCUT2D eigenvalue weighted by molar-refractivity contribution is 7.09. The first-order valence-corrected chi connectivity index (χ1v) is 8.60. The third kappa shape index (κ3) is 6.28. The zero-order valence-corrected chi connectivity index (χ0v) is 14.1. The van der Waals surface area contributed by atoms with Gasteiger partial charge in [-0.15, -0.1) is 11.3 Å².